The van der Waals surface area contributed by atoms with Crippen molar-refractivity contribution in [2.24, 2.45) is 7.05 Å². The molecule has 1 aromatic carbocycles. The first-order valence-corrected chi connectivity index (χ1v) is 5.59. The molecule has 0 amide bonds. The van der Waals surface area contributed by atoms with Gasteiger partial charge in [0.25, 0.3) is 0 Å². The van der Waals surface area contributed by atoms with Gasteiger partial charge in [-0.15, -0.1) is 0 Å². The second-order valence-electron chi connectivity index (χ2n) is 3.68. The summed E-state index contributed by atoms with van der Waals surface area (Å²) in [6, 6.07) is 6.35. The number of aliphatic hydroxyl groups excluding tert-OH is 1. The largest absolute Gasteiger partial charge is 0.396 e. The van der Waals surface area contributed by atoms with E-state index in [4.69, 9.17) is 16.7 Å². The lowest BCUT2D eigenvalue weighted by molar-refractivity contribution is 0.295. The van der Waals surface area contributed by atoms with Crippen LogP contribution in [0.1, 0.15) is 5.82 Å². The second-order valence-corrected chi connectivity index (χ2v) is 4.04. The molecule has 3 nitrogen and oxygen atoms in total. The molecule has 0 saturated heterocycles. The van der Waals surface area contributed by atoms with Crippen LogP contribution >= 0.6 is 11.6 Å². The van der Waals surface area contributed by atoms with E-state index in [1.807, 2.05) is 0 Å². The van der Waals surface area contributed by atoms with Gasteiger partial charge in [-0.2, -0.15) is 0 Å². The van der Waals surface area contributed by atoms with Gasteiger partial charge in [0.1, 0.15) is 22.5 Å². The molecular formula is C12H12ClFN2O. The molecule has 1 heterocycles. The molecule has 2 aromatic rings. The quantitative estimate of drug-likeness (QED) is 0.914. The van der Waals surface area contributed by atoms with E-state index in [9.17, 15) is 4.39 Å². The Morgan fingerprint density at radius 2 is 2.12 bits per heavy atom. The van der Waals surface area contributed by atoms with Crippen LogP contribution in [-0.4, -0.2) is 21.3 Å². The molecule has 17 heavy (non-hydrogen) atoms. The number of aromatic nitrogens is 2. The zero-order valence-electron chi connectivity index (χ0n) is 9.32. The third-order valence-corrected chi connectivity index (χ3v) is 3.01. The molecule has 0 aliphatic carbocycles. The van der Waals surface area contributed by atoms with Crippen molar-refractivity contribution in [1.82, 2.24) is 9.55 Å². The molecule has 0 aliphatic rings. The smallest absolute Gasteiger partial charge is 0.136 e. The average Bonchev–Trinajstić information content (AvgIpc) is 2.59. The Kier molecular flexibility index (Phi) is 3.45. The van der Waals surface area contributed by atoms with Crippen molar-refractivity contribution < 1.29 is 9.50 Å². The van der Waals surface area contributed by atoms with Crippen molar-refractivity contribution in [2.45, 2.75) is 6.42 Å². The molecule has 2 rings (SSSR count). The fraction of sp³-hybridized carbons (Fsp3) is 0.250. The fourth-order valence-corrected chi connectivity index (χ4v) is 1.91. The van der Waals surface area contributed by atoms with Crippen molar-refractivity contribution in [2.75, 3.05) is 6.61 Å². The number of nitrogens with zero attached hydrogens (tertiary/aromatic N) is 2. The number of aliphatic hydroxyl groups is 1. The Balaban J connectivity index is 2.53. The monoisotopic (exact) mass is 254 g/mol. The third-order valence-electron chi connectivity index (χ3n) is 2.58. The molecule has 0 radical (unpaired) electrons. The van der Waals surface area contributed by atoms with E-state index >= 15 is 0 Å². The SMILES string of the molecule is Cn1c(CCO)nc(-c2ccccc2F)c1Cl. The molecule has 0 saturated carbocycles. The van der Waals surface area contributed by atoms with Crippen LogP contribution in [0.15, 0.2) is 24.3 Å². The van der Waals surface area contributed by atoms with Gasteiger partial charge in [-0.05, 0) is 12.1 Å². The Labute approximate surface area is 103 Å². The topological polar surface area (TPSA) is 38.0 Å². The third kappa shape index (κ3) is 2.18. The summed E-state index contributed by atoms with van der Waals surface area (Å²) < 4.78 is 15.3. The minimum Gasteiger partial charge on any atom is -0.396 e. The summed E-state index contributed by atoms with van der Waals surface area (Å²) in [5, 5.41) is 9.27. The first kappa shape index (κ1) is 12.1. The standard InChI is InChI=1S/C12H12ClFN2O/c1-16-10(6-7-17)15-11(12(16)13)8-4-2-3-5-9(8)14/h2-5,17H,6-7H2,1H3. The Hall–Kier alpha value is -1.39. The molecule has 1 N–H and O–H groups in total. The Morgan fingerprint density at radius 3 is 2.76 bits per heavy atom. The molecule has 0 fully saturated rings. The Bertz CT molecular complexity index is 539. The normalized spacial score (nSPS) is 10.8. The molecule has 0 unspecified atom stereocenters. The van der Waals surface area contributed by atoms with Gasteiger partial charge in [0.15, 0.2) is 0 Å². The lowest BCUT2D eigenvalue weighted by atomic mass is 10.1. The van der Waals surface area contributed by atoms with E-state index in [-0.39, 0.29) is 12.4 Å². The van der Waals surface area contributed by atoms with Crippen molar-refractivity contribution in [3.8, 4) is 11.3 Å². The summed E-state index contributed by atoms with van der Waals surface area (Å²) >= 11 is 6.11. The number of hydrogen-bond donors (Lipinski definition) is 1. The zero-order chi connectivity index (χ0) is 12.4. The van der Waals surface area contributed by atoms with E-state index in [2.05, 4.69) is 4.98 Å². The highest BCUT2D eigenvalue weighted by atomic mass is 35.5. The van der Waals surface area contributed by atoms with Crippen LogP contribution in [-0.2, 0) is 13.5 Å². The van der Waals surface area contributed by atoms with E-state index in [1.165, 1.54) is 6.07 Å². The van der Waals surface area contributed by atoms with Crippen LogP contribution in [0.2, 0.25) is 5.15 Å². The molecule has 0 aliphatic heterocycles. The highest BCUT2D eigenvalue weighted by Crippen LogP contribution is 2.29. The van der Waals surface area contributed by atoms with Crippen molar-refractivity contribution in [3.63, 3.8) is 0 Å². The van der Waals surface area contributed by atoms with Crippen molar-refractivity contribution in [3.05, 3.63) is 41.1 Å². The highest BCUT2D eigenvalue weighted by molar-refractivity contribution is 6.32. The maximum Gasteiger partial charge on any atom is 0.136 e. The lowest BCUT2D eigenvalue weighted by Gasteiger charge is -2.00. The lowest BCUT2D eigenvalue weighted by Crippen LogP contribution is -2.00. The summed E-state index contributed by atoms with van der Waals surface area (Å²) in [6.07, 6.45) is 0.394. The van der Waals surface area contributed by atoms with Gasteiger partial charge in [-0.3, -0.25) is 0 Å². The summed E-state index contributed by atoms with van der Waals surface area (Å²) in [7, 11) is 1.74. The van der Waals surface area contributed by atoms with Gasteiger partial charge in [0.2, 0.25) is 0 Å². The van der Waals surface area contributed by atoms with Crippen molar-refractivity contribution >= 4 is 11.6 Å². The Morgan fingerprint density at radius 1 is 1.41 bits per heavy atom. The number of rotatable bonds is 3. The maximum atomic E-state index is 13.6. The van der Waals surface area contributed by atoms with E-state index in [0.717, 1.165) is 0 Å². The molecule has 0 spiro atoms. The van der Waals surface area contributed by atoms with Crippen LogP contribution in [0.5, 0.6) is 0 Å². The van der Waals surface area contributed by atoms with Crippen LogP contribution in [0.25, 0.3) is 11.3 Å². The van der Waals surface area contributed by atoms with Gasteiger partial charge < -0.3 is 9.67 Å². The first-order chi connectivity index (χ1) is 8.15. The first-order valence-electron chi connectivity index (χ1n) is 5.22. The van der Waals surface area contributed by atoms with E-state index < -0.39 is 0 Å². The molecule has 90 valence electrons. The van der Waals surface area contributed by atoms with Crippen LogP contribution in [0, 0.1) is 5.82 Å². The van der Waals surface area contributed by atoms with E-state index in [0.29, 0.717) is 28.7 Å². The number of halogens is 2. The molecular weight excluding hydrogens is 243 g/mol. The summed E-state index contributed by atoms with van der Waals surface area (Å²) in [5.41, 5.74) is 0.785. The van der Waals surface area contributed by atoms with Gasteiger partial charge >= 0.3 is 0 Å². The van der Waals surface area contributed by atoms with Crippen LogP contribution < -0.4 is 0 Å². The van der Waals surface area contributed by atoms with Gasteiger partial charge in [0, 0.05) is 19.0 Å². The average molecular weight is 255 g/mol. The minimum absolute atomic E-state index is 0.0160. The fourth-order valence-electron chi connectivity index (χ4n) is 1.67. The number of hydrogen-bond acceptors (Lipinski definition) is 2. The number of benzene rings is 1. The second kappa shape index (κ2) is 4.85. The summed E-state index contributed by atoms with van der Waals surface area (Å²) in [4.78, 5) is 4.26. The van der Waals surface area contributed by atoms with Crippen molar-refractivity contribution in [1.29, 1.82) is 0 Å². The molecule has 0 bridgehead atoms. The highest BCUT2D eigenvalue weighted by Gasteiger charge is 2.16. The van der Waals surface area contributed by atoms with Gasteiger partial charge in [-0.25, -0.2) is 9.37 Å². The zero-order valence-corrected chi connectivity index (χ0v) is 10.1. The van der Waals surface area contributed by atoms with Crippen LogP contribution in [0.3, 0.4) is 0 Å². The minimum atomic E-state index is -0.358. The molecule has 0 atom stereocenters. The summed E-state index contributed by atoms with van der Waals surface area (Å²) in [5.74, 6) is 0.277. The number of imidazole rings is 1. The molecule has 5 heteroatoms. The van der Waals surface area contributed by atoms with Gasteiger partial charge in [0.05, 0.1) is 6.61 Å². The maximum absolute atomic E-state index is 13.6. The predicted octanol–water partition coefficient (Wildman–Crippen LogP) is 2.41. The molecule has 1 aromatic heterocycles. The van der Waals surface area contributed by atoms with Crippen LogP contribution in [0.4, 0.5) is 4.39 Å². The van der Waals surface area contributed by atoms with Gasteiger partial charge in [-0.1, -0.05) is 23.7 Å². The summed E-state index contributed by atoms with van der Waals surface area (Å²) in [6.45, 7) is -0.0160. The van der Waals surface area contributed by atoms with E-state index in [1.54, 1.807) is 29.8 Å². The predicted molar refractivity (Wildman–Crippen MR) is 64.4 cm³/mol.